The zero-order chi connectivity index (χ0) is 28.1. The highest BCUT2D eigenvalue weighted by molar-refractivity contribution is 5.85. The third-order valence-corrected chi connectivity index (χ3v) is 6.86. The van der Waals surface area contributed by atoms with Gasteiger partial charge in [-0.25, -0.2) is 0 Å². The molecule has 4 aromatic rings. The number of benzene rings is 4. The molecule has 0 radical (unpaired) electrons. The quantitative estimate of drug-likeness (QED) is 0.151. The largest absolute Gasteiger partial charge is 0.370 e. The van der Waals surface area contributed by atoms with Crippen LogP contribution in [0.1, 0.15) is 22.3 Å². The van der Waals surface area contributed by atoms with Crippen LogP contribution in [-0.2, 0) is 54.9 Å². The van der Waals surface area contributed by atoms with Gasteiger partial charge in [-0.05, 0) is 22.3 Å². The van der Waals surface area contributed by atoms with Crippen LogP contribution in [0.25, 0.3) is 0 Å². The van der Waals surface area contributed by atoms with Crippen molar-refractivity contribution in [2.45, 2.75) is 50.8 Å². The van der Waals surface area contributed by atoms with Gasteiger partial charge in [0.1, 0.15) is 31.0 Å². The summed E-state index contributed by atoms with van der Waals surface area (Å²) in [5, 5.41) is 0. The van der Waals surface area contributed by atoms with Crippen LogP contribution in [0, 0.1) is 0 Å². The second-order valence-corrected chi connectivity index (χ2v) is 10.1. The molecule has 0 amide bonds. The number of epoxide rings is 1. The van der Waals surface area contributed by atoms with Gasteiger partial charge in [-0.3, -0.25) is 4.79 Å². The van der Waals surface area contributed by atoms with Gasteiger partial charge >= 0.3 is 0 Å². The molecular weight excluding hydrogens is 516 g/mol. The minimum Gasteiger partial charge on any atom is -0.370 e. The Labute approximate surface area is 241 Å². The molecule has 0 aromatic heterocycles. The number of hydrogen-bond acceptors (Lipinski definition) is 6. The van der Waals surface area contributed by atoms with Crippen molar-refractivity contribution >= 4 is 5.78 Å². The normalized spacial score (nSPS) is 16.5. The van der Waals surface area contributed by atoms with Crippen molar-refractivity contribution < 1.29 is 28.5 Å². The monoisotopic (exact) mass is 552 g/mol. The highest BCUT2D eigenvalue weighted by Gasteiger charge is 2.46. The maximum Gasteiger partial charge on any atom is 0.189 e. The SMILES string of the molecule is O=C(COCc1ccccc1)[C@@H](OCc1ccccc1)[C@H](OCc1ccccc1)[C@@H](OCc1ccccc1)[C@@H]1CO1. The maximum absolute atomic E-state index is 13.8. The second kappa shape index (κ2) is 15.4. The van der Waals surface area contributed by atoms with E-state index in [0.29, 0.717) is 26.4 Å². The molecule has 5 rings (SSSR count). The maximum atomic E-state index is 13.8. The van der Waals surface area contributed by atoms with Crippen LogP contribution in [0.15, 0.2) is 121 Å². The van der Waals surface area contributed by atoms with E-state index in [1.54, 1.807) is 0 Å². The summed E-state index contributed by atoms with van der Waals surface area (Å²) in [6, 6.07) is 39.4. The van der Waals surface area contributed by atoms with Gasteiger partial charge in [0.2, 0.25) is 0 Å². The zero-order valence-corrected chi connectivity index (χ0v) is 23.0. The van der Waals surface area contributed by atoms with Crippen molar-refractivity contribution in [1.82, 2.24) is 0 Å². The first kappa shape index (κ1) is 28.9. The summed E-state index contributed by atoms with van der Waals surface area (Å²) in [7, 11) is 0. The molecule has 1 saturated heterocycles. The number of ketones is 1. The molecule has 1 heterocycles. The van der Waals surface area contributed by atoms with E-state index in [0.717, 1.165) is 22.3 Å². The minimum absolute atomic E-state index is 0.115. The molecule has 0 spiro atoms. The molecule has 1 aliphatic heterocycles. The topological polar surface area (TPSA) is 66.5 Å². The molecule has 0 aliphatic carbocycles. The summed E-state index contributed by atoms with van der Waals surface area (Å²) in [5.41, 5.74) is 3.97. The molecule has 0 saturated carbocycles. The third-order valence-electron chi connectivity index (χ3n) is 6.86. The van der Waals surface area contributed by atoms with Gasteiger partial charge in [-0.2, -0.15) is 0 Å². The first-order valence-corrected chi connectivity index (χ1v) is 14.0. The zero-order valence-electron chi connectivity index (χ0n) is 23.0. The molecule has 212 valence electrons. The van der Waals surface area contributed by atoms with Crippen molar-refractivity contribution in [2.75, 3.05) is 13.2 Å². The van der Waals surface area contributed by atoms with E-state index in [1.165, 1.54) is 0 Å². The van der Waals surface area contributed by atoms with E-state index < -0.39 is 18.3 Å². The smallest absolute Gasteiger partial charge is 0.189 e. The van der Waals surface area contributed by atoms with Crippen LogP contribution < -0.4 is 0 Å². The van der Waals surface area contributed by atoms with Crippen molar-refractivity contribution in [3.63, 3.8) is 0 Å². The van der Waals surface area contributed by atoms with Gasteiger partial charge in [0.05, 0.1) is 33.0 Å². The highest BCUT2D eigenvalue weighted by atomic mass is 16.6. The number of carbonyl (C=O) groups is 1. The molecule has 4 atom stereocenters. The first-order chi connectivity index (χ1) is 20.3. The van der Waals surface area contributed by atoms with Crippen LogP contribution in [0.5, 0.6) is 0 Å². The van der Waals surface area contributed by atoms with E-state index in [9.17, 15) is 4.79 Å². The predicted molar refractivity (Wildman–Crippen MR) is 156 cm³/mol. The average molecular weight is 553 g/mol. The standard InChI is InChI=1S/C35H36O6/c36-31(25-37-21-27-13-5-1-6-14-27)33(39-22-28-15-7-2-8-16-28)35(41-24-30-19-11-4-12-20-30)34(32-26-38-32)40-23-29-17-9-3-10-18-29/h1-20,32-35H,21-26H2/t32-,33+,34-,35-/m0/s1. The first-order valence-electron chi connectivity index (χ1n) is 14.0. The van der Waals surface area contributed by atoms with Gasteiger partial charge < -0.3 is 23.7 Å². The molecule has 4 aromatic carbocycles. The Morgan fingerprint density at radius 3 is 1.49 bits per heavy atom. The summed E-state index contributed by atoms with van der Waals surface area (Å²) in [5.74, 6) is -0.205. The molecule has 1 aliphatic rings. The van der Waals surface area contributed by atoms with Crippen molar-refractivity contribution in [1.29, 1.82) is 0 Å². The predicted octanol–water partition coefficient (Wildman–Crippen LogP) is 5.93. The van der Waals surface area contributed by atoms with Crippen LogP contribution in [0.3, 0.4) is 0 Å². The fourth-order valence-corrected chi connectivity index (χ4v) is 4.60. The Kier molecular flexibility index (Phi) is 10.8. The van der Waals surface area contributed by atoms with E-state index in [2.05, 4.69) is 0 Å². The average Bonchev–Trinajstić information content (AvgIpc) is 3.87. The summed E-state index contributed by atoms with van der Waals surface area (Å²) in [4.78, 5) is 13.8. The third kappa shape index (κ3) is 9.18. The summed E-state index contributed by atoms with van der Waals surface area (Å²) >= 11 is 0. The fraction of sp³-hybridized carbons (Fsp3) is 0.286. The van der Waals surface area contributed by atoms with Crippen molar-refractivity contribution in [3.8, 4) is 0 Å². The van der Waals surface area contributed by atoms with Crippen LogP contribution in [-0.4, -0.2) is 43.4 Å². The van der Waals surface area contributed by atoms with E-state index in [1.807, 2.05) is 121 Å². The van der Waals surface area contributed by atoms with Gasteiger partial charge in [-0.1, -0.05) is 121 Å². The lowest BCUT2D eigenvalue weighted by molar-refractivity contribution is -0.173. The minimum atomic E-state index is -0.931. The van der Waals surface area contributed by atoms with Gasteiger partial charge in [-0.15, -0.1) is 0 Å². The van der Waals surface area contributed by atoms with E-state index in [4.69, 9.17) is 23.7 Å². The summed E-state index contributed by atoms with van der Waals surface area (Å²) in [6.45, 7) is 1.66. The summed E-state index contributed by atoms with van der Waals surface area (Å²) < 4.78 is 30.9. The van der Waals surface area contributed by atoms with Gasteiger partial charge in [0.15, 0.2) is 5.78 Å². The molecule has 6 heteroatoms. The van der Waals surface area contributed by atoms with Crippen LogP contribution in [0.2, 0.25) is 0 Å². The molecule has 0 bridgehead atoms. The highest BCUT2D eigenvalue weighted by Crippen LogP contribution is 2.28. The molecule has 1 fully saturated rings. The Morgan fingerprint density at radius 1 is 0.610 bits per heavy atom. The molecule has 6 nitrogen and oxygen atoms in total. The number of ether oxygens (including phenoxy) is 5. The van der Waals surface area contributed by atoms with Gasteiger partial charge in [0, 0.05) is 0 Å². The fourth-order valence-electron chi connectivity index (χ4n) is 4.60. The summed E-state index contributed by atoms with van der Waals surface area (Å²) in [6.07, 6.45) is -2.36. The van der Waals surface area contributed by atoms with Crippen LogP contribution >= 0.6 is 0 Å². The number of rotatable bonds is 17. The Morgan fingerprint density at radius 2 is 1.02 bits per heavy atom. The Bertz CT molecular complexity index is 1300. The van der Waals surface area contributed by atoms with Gasteiger partial charge in [0.25, 0.3) is 0 Å². The lowest BCUT2D eigenvalue weighted by atomic mass is 10.0. The van der Waals surface area contributed by atoms with Crippen LogP contribution in [0.4, 0.5) is 0 Å². The number of carbonyl (C=O) groups excluding carboxylic acids is 1. The number of Topliss-reactive ketones (excluding diaryl/α,β-unsaturated/α-hetero) is 1. The lowest BCUT2D eigenvalue weighted by Gasteiger charge is -2.32. The molecule has 0 unspecified atom stereocenters. The van der Waals surface area contributed by atoms with E-state index >= 15 is 0 Å². The Hall–Kier alpha value is -3.65. The van der Waals surface area contributed by atoms with Crippen molar-refractivity contribution in [3.05, 3.63) is 144 Å². The van der Waals surface area contributed by atoms with Crippen molar-refractivity contribution in [2.24, 2.45) is 0 Å². The Balaban J connectivity index is 1.37. The van der Waals surface area contributed by atoms with E-state index in [-0.39, 0.29) is 25.1 Å². The molecule has 0 N–H and O–H groups in total. The molecular formula is C35H36O6. The second-order valence-electron chi connectivity index (χ2n) is 10.1. The molecule has 41 heavy (non-hydrogen) atoms. The number of hydrogen-bond donors (Lipinski definition) is 0. The lowest BCUT2D eigenvalue weighted by Crippen LogP contribution is -2.50.